The Bertz CT molecular complexity index is 1010. The van der Waals surface area contributed by atoms with Crippen LogP contribution in [-0.2, 0) is 14.2 Å². The third-order valence-electron chi connectivity index (χ3n) is 7.59. The van der Waals surface area contributed by atoms with Gasteiger partial charge in [-0.05, 0) is 56.4 Å². The van der Waals surface area contributed by atoms with Crippen molar-refractivity contribution in [2.45, 2.75) is 69.2 Å². The molecule has 1 atom stereocenters. The van der Waals surface area contributed by atoms with E-state index >= 15 is 0 Å². The van der Waals surface area contributed by atoms with E-state index in [1.807, 2.05) is 0 Å². The van der Waals surface area contributed by atoms with Gasteiger partial charge < -0.3 is 30.2 Å². The Balaban J connectivity index is 1.40. The molecule has 2 aromatic rings. The fourth-order valence-corrected chi connectivity index (χ4v) is 5.33. The van der Waals surface area contributed by atoms with Crippen LogP contribution in [0.2, 0.25) is 0 Å². The highest BCUT2D eigenvalue weighted by molar-refractivity contribution is 5.71. The summed E-state index contributed by atoms with van der Waals surface area (Å²) in [4.78, 5) is 4.27. The third kappa shape index (κ3) is 7.37. The van der Waals surface area contributed by atoms with Crippen LogP contribution in [0.25, 0.3) is 11.1 Å². The number of aromatic nitrogens is 1. The molecule has 0 bridgehead atoms. The fourth-order valence-electron chi connectivity index (χ4n) is 5.33. The van der Waals surface area contributed by atoms with E-state index < -0.39 is 11.4 Å². The summed E-state index contributed by atoms with van der Waals surface area (Å²) >= 11 is 0. The first kappa shape index (κ1) is 27.7. The molecular formula is C28H40F2N4O3. The summed E-state index contributed by atoms with van der Waals surface area (Å²) in [6.45, 7) is 4.50. The van der Waals surface area contributed by atoms with Crippen LogP contribution >= 0.6 is 0 Å². The highest BCUT2D eigenvalue weighted by Crippen LogP contribution is 2.31. The second-order valence-electron chi connectivity index (χ2n) is 10.3. The zero-order chi connectivity index (χ0) is 26.3. The molecule has 37 heavy (non-hydrogen) atoms. The van der Waals surface area contributed by atoms with Gasteiger partial charge in [0.2, 0.25) is 0 Å². The van der Waals surface area contributed by atoms with Gasteiger partial charge in [0.25, 0.3) is 0 Å². The standard InChI is InChI=1S/C28H40F2N4O3/c1-19(17-35-2)33-21-5-7-22(8-6-21)34-27-15-23(25(30)16-31-27)20-4-9-24(29)26(14-20)32-18-28(36-3)10-12-37-13-11-28/h4,9,14-16,19,21-22,32-33H,5-8,10-13,17-18H2,1-3H3,(H,31,34)/t19-,21-,22-/m0/s1. The number of halogens is 2. The van der Waals surface area contributed by atoms with Crippen molar-refractivity contribution in [1.82, 2.24) is 10.3 Å². The number of methoxy groups -OCH3 is 2. The van der Waals surface area contributed by atoms with Crippen molar-refractivity contribution in [3.8, 4) is 11.1 Å². The van der Waals surface area contributed by atoms with Gasteiger partial charge in [-0.2, -0.15) is 0 Å². The predicted octanol–water partition coefficient (Wildman–Crippen LogP) is 4.98. The van der Waals surface area contributed by atoms with Crippen molar-refractivity contribution in [2.75, 3.05) is 51.2 Å². The van der Waals surface area contributed by atoms with Crippen LogP contribution in [0.1, 0.15) is 45.4 Å². The van der Waals surface area contributed by atoms with Crippen molar-refractivity contribution < 1.29 is 23.0 Å². The normalized spacial score (nSPS) is 22.4. The number of hydrogen-bond donors (Lipinski definition) is 3. The number of nitrogens with one attached hydrogen (secondary N) is 3. The molecule has 7 nitrogen and oxygen atoms in total. The zero-order valence-corrected chi connectivity index (χ0v) is 22.1. The molecule has 1 aliphatic carbocycles. The molecule has 2 fully saturated rings. The first-order valence-electron chi connectivity index (χ1n) is 13.2. The Morgan fingerprint density at radius 3 is 2.49 bits per heavy atom. The van der Waals surface area contributed by atoms with E-state index in [9.17, 15) is 8.78 Å². The Hall–Kier alpha value is -2.33. The Kier molecular flexibility index (Phi) is 9.70. The molecule has 204 valence electrons. The van der Waals surface area contributed by atoms with Gasteiger partial charge in [0.05, 0.1) is 24.1 Å². The maximum absolute atomic E-state index is 14.8. The summed E-state index contributed by atoms with van der Waals surface area (Å²) in [5.74, 6) is -0.207. The molecule has 0 amide bonds. The number of pyridine rings is 1. The lowest BCUT2D eigenvalue weighted by atomic mass is 9.90. The Morgan fingerprint density at radius 1 is 1.05 bits per heavy atom. The number of benzene rings is 1. The topological polar surface area (TPSA) is 76.7 Å². The summed E-state index contributed by atoms with van der Waals surface area (Å²) in [5.41, 5.74) is 0.887. The Labute approximate surface area is 218 Å². The van der Waals surface area contributed by atoms with Crippen LogP contribution in [-0.4, -0.2) is 69.3 Å². The first-order valence-corrected chi connectivity index (χ1v) is 13.2. The van der Waals surface area contributed by atoms with Crippen molar-refractivity contribution in [2.24, 2.45) is 0 Å². The lowest BCUT2D eigenvalue weighted by Crippen LogP contribution is -2.44. The molecule has 2 aliphatic rings. The minimum atomic E-state index is -0.444. The third-order valence-corrected chi connectivity index (χ3v) is 7.59. The molecule has 1 saturated heterocycles. The van der Waals surface area contributed by atoms with Crippen molar-refractivity contribution in [3.63, 3.8) is 0 Å². The average molecular weight is 519 g/mol. The Morgan fingerprint density at radius 2 is 1.78 bits per heavy atom. The quantitative estimate of drug-likeness (QED) is 0.387. The SMILES string of the molecule is COC[C@H](C)N[C@H]1CC[C@H](Nc2cc(-c3ccc(F)c(NCC4(OC)CCOCC4)c3)c(F)cn2)CC1. The molecule has 4 rings (SSSR count). The van der Waals surface area contributed by atoms with Crippen molar-refractivity contribution in [3.05, 3.63) is 42.1 Å². The highest BCUT2D eigenvalue weighted by Gasteiger charge is 2.32. The second kappa shape index (κ2) is 13.0. The van der Waals surface area contributed by atoms with Gasteiger partial charge in [0.15, 0.2) is 0 Å². The van der Waals surface area contributed by atoms with Crippen molar-refractivity contribution in [1.29, 1.82) is 0 Å². The molecule has 3 N–H and O–H groups in total. The maximum Gasteiger partial charge on any atom is 0.149 e. The largest absolute Gasteiger partial charge is 0.383 e. The van der Waals surface area contributed by atoms with E-state index in [0.717, 1.165) is 38.5 Å². The molecular weight excluding hydrogens is 478 g/mol. The van der Waals surface area contributed by atoms with Crippen LogP contribution in [0.4, 0.5) is 20.3 Å². The van der Waals surface area contributed by atoms with Gasteiger partial charge in [-0.1, -0.05) is 6.07 Å². The molecule has 0 unspecified atom stereocenters. The molecule has 0 spiro atoms. The number of nitrogens with zero attached hydrogens (tertiary/aromatic N) is 1. The van der Waals surface area contributed by atoms with Gasteiger partial charge in [0.1, 0.15) is 17.5 Å². The van der Waals surface area contributed by atoms with E-state index in [1.165, 1.54) is 12.3 Å². The molecule has 1 aromatic carbocycles. The number of hydrogen-bond acceptors (Lipinski definition) is 7. The fraction of sp³-hybridized carbons (Fsp3) is 0.607. The monoisotopic (exact) mass is 518 g/mol. The molecule has 1 saturated carbocycles. The van der Waals surface area contributed by atoms with E-state index in [1.54, 1.807) is 32.4 Å². The van der Waals surface area contributed by atoms with Crippen LogP contribution < -0.4 is 16.0 Å². The average Bonchev–Trinajstić information content (AvgIpc) is 2.91. The van der Waals surface area contributed by atoms with E-state index in [-0.39, 0.29) is 11.9 Å². The molecule has 9 heteroatoms. The van der Waals surface area contributed by atoms with E-state index in [4.69, 9.17) is 14.2 Å². The van der Waals surface area contributed by atoms with Gasteiger partial charge in [-0.15, -0.1) is 0 Å². The minimum Gasteiger partial charge on any atom is -0.383 e. The number of anilines is 2. The molecule has 1 aromatic heterocycles. The summed E-state index contributed by atoms with van der Waals surface area (Å²) in [6, 6.07) is 7.41. The summed E-state index contributed by atoms with van der Waals surface area (Å²) in [5, 5.41) is 10.3. The summed E-state index contributed by atoms with van der Waals surface area (Å²) < 4.78 is 45.9. The van der Waals surface area contributed by atoms with E-state index in [0.29, 0.717) is 61.1 Å². The summed E-state index contributed by atoms with van der Waals surface area (Å²) in [7, 11) is 3.39. The van der Waals surface area contributed by atoms with Gasteiger partial charge in [0, 0.05) is 70.5 Å². The lowest BCUT2D eigenvalue weighted by molar-refractivity contribution is -0.0807. The lowest BCUT2D eigenvalue weighted by Gasteiger charge is -2.36. The minimum absolute atomic E-state index is 0.275. The van der Waals surface area contributed by atoms with Crippen molar-refractivity contribution >= 4 is 11.5 Å². The van der Waals surface area contributed by atoms with Crippen LogP contribution in [0, 0.1) is 11.6 Å². The van der Waals surface area contributed by atoms with Gasteiger partial charge in [-0.3, -0.25) is 0 Å². The smallest absolute Gasteiger partial charge is 0.149 e. The molecule has 1 aliphatic heterocycles. The second-order valence-corrected chi connectivity index (χ2v) is 10.3. The van der Waals surface area contributed by atoms with Gasteiger partial charge >= 0.3 is 0 Å². The number of rotatable bonds is 11. The highest BCUT2D eigenvalue weighted by atomic mass is 19.1. The van der Waals surface area contributed by atoms with E-state index in [2.05, 4.69) is 27.9 Å². The number of ether oxygens (including phenoxy) is 3. The van der Waals surface area contributed by atoms with Crippen LogP contribution in [0.3, 0.4) is 0 Å². The first-order chi connectivity index (χ1) is 17.9. The molecule has 2 heterocycles. The maximum atomic E-state index is 14.8. The van der Waals surface area contributed by atoms with Crippen LogP contribution in [0.5, 0.6) is 0 Å². The predicted molar refractivity (Wildman–Crippen MR) is 142 cm³/mol. The van der Waals surface area contributed by atoms with Gasteiger partial charge in [-0.25, -0.2) is 13.8 Å². The zero-order valence-electron chi connectivity index (χ0n) is 22.1. The summed E-state index contributed by atoms with van der Waals surface area (Å²) in [6.07, 6.45) is 6.82. The van der Waals surface area contributed by atoms with Crippen LogP contribution in [0.15, 0.2) is 30.5 Å². The molecule has 0 radical (unpaired) electrons.